The van der Waals surface area contributed by atoms with Gasteiger partial charge in [-0.05, 0) is 13.3 Å². The molecule has 12 heavy (non-hydrogen) atoms. The van der Waals surface area contributed by atoms with Crippen molar-refractivity contribution in [1.82, 2.24) is 5.32 Å². The molecule has 0 aromatic carbocycles. The van der Waals surface area contributed by atoms with Crippen LogP contribution in [0, 0.1) is 5.92 Å². The molecule has 1 saturated heterocycles. The van der Waals surface area contributed by atoms with Gasteiger partial charge in [-0.15, -0.1) is 0 Å². The molecule has 0 bridgehead atoms. The molecule has 1 amide bonds. The molecule has 2 atom stereocenters. The number of amides is 1. The Labute approximate surface area is 71.3 Å². The minimum Gasteiger partial charge on any atom is -0.464 e. The summed E-state index contributed by atoms with van der Waals surface area (Å²) in [5.41, 5.74) is 0. The third-order valence-electron chi connectivity index (χ3n) is 1.92. The van der Waals surface area contributed by atoms with E-state index >= 15 is 0 Å². The van der Waals surface area contributed by atoms with Crippen LogP contribution in [0.25, 0.3) is 0 Å². The van der Waals surface area contributed by atoms with Gasteiger partial charge in [0.15, 0.2) is 0 Å². The van der Waals surface area contributed by atoms with Crippen LogP contribution in [0.1, 0.15) is 20.3 Å². The van der Waals surface area contributed by atoms with E-state index in [0.717, 1.165) is 0 Å². The molecule has 4 heteroatoms. The summed E-state index contributed by atoms with van der Waals surface area (Å²) in [7, 11) is 0. The van der Waals surface area contributed by atoms with Crippen LogP contribution in [-0.2, 0) is 14.3 Å². The third-order valence-corrected chi connectivity index (χ3v) is 1.92. The molecule has 68 valence electrons. The molecular weight excluding hydrogens is 158 g/mol. The van der Waals surface area contributed by atoms with Crippen LogP contribution in [0.15, 0.2) is 0 Å². The van der Waals surface area contributed by atoms with Crippen LogP contribution in [0.2, 0.25) is 0 Å². The number of rotatable bonds is 2. The highest BCUT2D eigenvalue weighted by molar-refractivity contribution is 5.89. The lowest BCUT2D eigenvalue weighted by Crippen LogP contribution is -2.34. The fourth-order valence-electron chi connectivity index (χ4n) is 1.23. The third kappa shape index (κ3) is 1.75. The predicted octanol–water partition coefficient (Wildman–Crippen LogP) is 0.0741. The van der Waals surface area contributed by atoms with E-state index in [4.69, 9.17) is 4.74 Å². The van der Waals surface area contributed by atoms with E-state index in [9.17, 15) is 9.59 Å². The molecule has 0 unspecified atom stereocenters. The highest BCUT2D eigenvalue weighted by atomic mass is 16.5. The van der Waals surface area contributed by atoms with Crippen molar-refractivity contribution in [2.45, 2.75) is 26.3 Å². The van der Waals surface area contributed by atoms with Crippen molar-refractivity contribution >= 4 is 11.9 Å². The Morgan fingerprint density at radius 3 is 2.83 bits per heavy atom. The first kappa shape index (κ1) is 9.03. The van der Waals surface area contributed by atoms with Gasteiger partial charge in [-0.1, -0.05) is 6.92 Å². The van der Waals surface area contributed by atoms with Crippen molar-refractivity contribution in [3.63, 3.8) is 0 Å². The summed E-state index contributed by atoms with van der Waals surface area (Å²) in [4.78, 5) is 22.1. The SMILES string of the molecule is CCOC(=O)[C@@H]1C[C@H](C)C(=O)N1. The fraction of sp³-hybridized carbons (Fsp3) is 0.750. The first-order chi connectivity index (χ1) is 5.65. The second-order valence-electron chi connectivity index (χ2n) is 2.95. The Hall–Kier alpha value is -1.06. The van der Waals surface area contributed by atoms with Gasteiger partial charge in [0.05, 0.1) is 6.61 Å². The highest BCUT2D eigenvalue weighted by Gasteiger charge is 2.33. The van der Waals surface area contributed by atoms with Crippen LogP contribution < -0.4 is 5.32 Å². The molecule has 1 fully saturated rings. The van der Waals surface area contributed by atoms with Crippen molar-refractivity contribution in [3.05, 3.63) is 0 Å². The number of hydrogen-bond acceptors (Lipinski definition) is 3. The molecule has 0 saturated carbocycles. The maximum absolute atomic E-state index is 11.1. The Kier molecular flexibility index (Phi) is 2.68. The van der Waals surface area contributed by atoms with Gasteiger partial charge in [0, 0.05) is 5.92 Å². The number of esters is 1. The number of carbonyl (C=O) groups excluding carboxylic acids is 2. The Bertz CT molecular complexity index is 202. The molecule has 1 rings (SSSR count). The summed E-state index contributed by atoms with van der Waals surface area (Å²) in [6.07, 6.45) is 0.553. The van der Waals surface area contributed by atoms with Crippen molar-refractivity contribution in [3.8, 4) is 0 Å². The first-order valence-corrected chi connectivity index (χ1v) is 4.12. The van der Waals surface area contributed by atoms with Gasteiger partial charge in [-0.3, -0.25) is 4.79 Å². The number of carbonyl (C=O) groups is 2. The average molecular weight is 171 g/mol. The van der Waals surface area contributed by atoms with E-state index in [0.29, 0.717) is 13.0 Å². The number of nitrogens with one attached hydrogen (secondary N) is 1. The number of hydrogen-bond donors (Lipinski definition) is 1. The Balaban J connectivity index is 2.46. The molecule has 0 radical (unpaired) electrons. The minimum atomic E-state index is -0.424. The molecule has 4 nitrogen and oxygen atoms in total. The summed E-state index contributed by atoms with van der Waals surface area (Å²) >= 11 is 0. The molecule has 1 N–H and O–H groups in total. The Morgan fingerprint density at radius 1 is 1.75 bits per heavy atom. The van der Waals surface area contributed by atoms with Crippen molar-refractivity contribution in [2.75, 3.05) is 6.61 Å². The van der Waals surface area contributed by atoms with Crippen molar-refractivity contribution in [2.24, 2.45) is 5.92 Å². The summed E-state index contributed by atoms with van der Waals surface area (Å²) in [5.74, 6) is -0.456. The fourth-order valence-corrected chi connectivity index (χ4v) is 1.23. The second kappa shape index (κ2) is 3.56. The zero-order chi connectivity index (χ0) is 9.14. The summed E-state index contributed by atoms with van der Waals surface area (Å²) in [6, 6.07) is -0.424. The monoisotopic (exact) mass is 171 g/mol. The largest absolute Gasteiger partial charge is 0.464 e. The van der Waals surface area contributed by atoms with Gasteiger partial charge in [0.2, 0.25) is 5.91 Å². The lowest BCUT2D eigenvalue weighted by atomic mass is 10.1. The van der Waals surface area contributed by atoms with Crippen LogP contribution in [0.5, 0.6) is 0 Å². The summed E-state index contributed by atoms with van der Waals surface area (Å²) in [5, 5.41) is 2.57. The molecule has 1 aliphatic rings. The minimum absolute atomic E-state index is 0.0620. The first-order valence-electron chi connectivity index (χ1n) is 4.12. The number of ether oxygens (including phenoxy) is 1. The van der Waals surface area contributed by atoms with E-state index < -0.39 is 6.04 Å². The van der Waals surface area contributed by atoms with E-state index in [1.165, 1.54) is 0 Å². The topological polar surface area (TPSA) is 55.4 Å². The maximum Gasteiger partial charge on any atom is 0.328 e. The van der Waals surface area contributed by atoms with Crippen LogP contribution in [0.4, 0.5) is 0 Å². The van der Waals surface area contributed by atoms with Crippen LogP contribution in [0.3, 0.4) is 0 Å². The maximum atomic E-state index is 11.1. The van der Waals surface area contributed by atoms with Crippen molar-refractivity contribution < 1.29 is 14.3 Å². The lowest BCUT2D eigenvalue weighted by molar-refractivity contribution is -0.145. The van der Waals surface area contributed by atoms with E-state index in [2.05, 4.69) is 5.32 Å². The van der Waals surface area contributed by atoms with E-state index in [-0.39, 0.29) is 17.8 Å². The zero-order valence-electron chi connectivity index (χ0n) is 7.29. The van der Waals surface area contributed by atoms with E-state index in [1.54, 1.807) is 13.8 Å². The van der Waals surface area contributed by atoms with Gasteiger partial charge < -0.3 is 10.1 Å². The van der Waals surface area contributed by atoms with Gasteiger partial charge in [-0.2, -0.15) is 0 Å². The van der Waals surface area contributed by atoms with Gasteiger partial charge in [-0.25, -0.2) is 4.79 Å². The van der Waals surface area contributed by atoms with Crippen molar-refractivity contribution in [1.29, 1.82) is 0 Å². The Morgan fingerprint density at radius 2 is 2.42 bits per heavy atom. The normalized spacial score (nSPS) is 28.3. The van der Waals surface area contributed by atoms with Gasteiger partial charge in [0.1, 0.15) is 6.04 Å². The van der Waals surface area contributed by atoms with Gasteiger partial charge in [0.25, 0.3) is 0 Å². The smallest absolute Gasteiger partial charge is 0.328 e. The molecular formula is C8H13NO3. The lowest BCUT2D eigenvalue weighted by Gasteiger charge is -2.07. The second-order valence-corrected chi connectivity index (χ2v) is 2.95. The summed E-state index contributed by atoms with van der Waals surface area (Å²) < 4.78 is 4.77. The quantitative estimate of drug-likeness (QED) is 0.598. The molecule has 1 heterocycles. The molecule has 0 aromatic rings. The molecule has 0 aromatic heterocycles. The molecule has 1 aliphatic heterocycles. The van der Waals surface area contributed by atoms with Crippen LogP contribution in [-0.4, -0.2) is 24.5 Å². The summed E-state index contributed by atoms with van der Waals surface area (Å²) in [6.45, 7) is 3.91. The highest BCUT2D eigenvalue weighted by Crippen LogP contribution is 2.15. The van der Waals surface area contributed by atoms with Gasteiger partial charge >= 0.3 is 5.97 Å². The average Bonchev–Trinajstić information content (AvgIpc) is 2.33. The zero-order valence-corrected chi connectivity index (χ0v) is 7.29. The molecule has 0 aliphatic carbocycles. The predicted molar refractivity (Wildman–Crippen MR) is 42.3 cm³/mol. The molecule has 0 spiro atoms. The standard InChI is InChI=1S/C8H13NO3/c1-3-12-8(11)6-4-5(2)7(10)9-6/h5-6H,3-4H2,1-2H3,(H,9,10)/t5-,6-/m0/s1. The van der Waals surface area contributed by atoms with E-state index in [1.807, 2.05) is 0 Å². The van der Waals surface area contributed by atoms with Crippen LogP contribution >= 0.6 is 0 Å².